The molecular weight excluding hydrogens is 274 g/mol. The lowest BCUT2D eigenvalue weighted by Crippen LogP contribution is -2.28. The van der Waals surface area contributed by atoms with Gasteiger partial charge in [-0.15, -0.1) is 0 Å². The van der Waals surface area contributed by atoms with Crippen LogP contribution < -0.4 is 0 Å². The fourth-order valence-corrected chi connectivity index (χ4v) is 2.84. The fourth-order valence-electron chi connectivity index (χ4n) is 1.99. The third-order valence-electron chi connectivity index (χ3n) is 2.99. The highest BCUT2D eigenvalue weighted by Gasteiger charge is 2.22. The maximum absolute atomic E-state index is 12.2. The smallest absolute Gasteiger partial charge is 0.255 e. The van der Waals surface area contributed by atoms with Crippen molar-refractivity contribution in [1.82, 2.24) is 4.90 Å². The second-order valence-corrected chi connectivity index (χ2v) is 6.84. The average molecular weight is 288 g/mol. The summed E-state index contributed by atoms with van der Waals surface area (Å²) < 4.78 is 22.9. The summed E-state index contributed by atoms with van der Waals surface area (Å²) in [4.78, 5) is 14.0. The van der Waals surface area contributed by atoms with Crippen molar-refractivity contribution >= 4 is 27.3 Å². The zero-order valence-corrected chi connectivity index (χ0v) is 11.6. The Morgan fingerprint density at radius 1 is 1.28 bits per heavy atom. The third kappa shape index (κ3) is 2.67. The quantitative estimate of drug-likeness (QED) is 0.836. The van der Waals surface area contributed by atoms with E-state index >= 15 is 0 Å². The number of nitrogens with zero attached hydrogens (tertiary/aromatic N) is 1. The summed E-state index contributed by atoms with van der Waals surface area (Å²) in [6.45, 7) is 1.41. The number of sulfone groups is 1. The van der Waals surface area contributed by atoms with Crippen LogP contribution in [-0.2, 0) is 9.84 Å². The van der Waals surface area contributed by atoms with E-state index in [1.165, 1.54) is 18.2 Å². The van der Waals surface area contributed by atoms with Crippen molar-refractivity contribution < 1.29 is 13.2 Å². The molecule has 1 heterocycles. The zero-order chi connectivity index (χ0) is 13.3. The summed E-state index contributed by atoms with van der Waals surface area (Å²) in [5.74, 6) is -0.192. The number of likely N-dealkylation sites (tertiary alicyclic amines) is 1. The van der Waals surface area contributed by atoms with E-state index in [1.807, 2.05) is 0 Å². The van der Waals surface area contributed by atoms with Crippen molar-refractivity contribution in [1.29, 1.82) is 0 Å². The number of benzene rings is 1. The van der Waals surface area contributed by atoms with E-state index < -0.39 is 9.84 Å². The molecule has 0 N–H and O–H groups in total. The lowest BCUT2D eigenvalue weighted by Gasteiger charge is -2.16. The van der Waals surface area contributed by atoms with Crippen LogP contribution in [0.3, 0.4) is 0 Å². The van der Waals surface area contributed by atoms with Crippen molar-refractivity contribution in [3.05, 3.63) is 28.8 Å². The van der Waals surface area contributed by atoms with E-state index in [0.717, 1.165) is 19.1 Å². The van der Waals surface area contributed by atoms with Crippen molar-refractivity contribution in [2.24, 2.45) is 0 Å². The number of rotatable bonds is 2. The van der Waals surface area contributed by atoms with Gasteiger partial charge in [0.2, 0.25) is 0 Å². The Hall–Kier alpha value is -1.07. The van der Waals surface area contributed by atoms with Crippen LogP contribution in [0.15, 0.2) is 23.1 Å². The van der Waals surface area contributed by atoms with Gasteiger partial charge in [-0.2, -0.15) is 0 Å². The summed E-state index contributed by atoms with van der Waals surface area (Å²) in [6, 6.07) is 4.23. The van der Waals surface area contributed by atoms with Crippen LogP contribution in [0.2, 0.25) is 5.02 Å². The van der Waals surface area contributed by atoms with Crippen LogP contribution in [0.1, 0.15) is 23.2 Å². The van der Waals surface area contributed by atoms with E-state index in [9.17, 15) is 13.2 Å². The number of hydrogen-bond donors (Lipinski definition) is 0. The molecule has 0 aliphatic carbocycles. The third-order valence-corrected chi connectivity index (χ3v) is 4.43. The molecule has 98 valence electrons. The van der Waals surface area contributed by atoms with Gasteiger partial charge in [-0.25, -0.2) is 8.42 Å². The second kappa shape index (κ2) is 4.90. The molecule has 0 unspecified atom stereocenters. The van der Waals surface area contributed by atoms with Crippen molar-refractivity contribution in [2.75, 3.05) is 19.3 Å². The maximum atomic E-state index is 12.2. The summed E-state index contributed by atoms with van der Waals surface area (Å²) >= 11 is 5.98. The molecule has 6 heteroatoms. The number of amides is 1. The predicted octanol–water partition coefficient (Wildman–Crippen LogP) is 1.98. The van der Waals surface area contributed by atoms with Crippen LogP contribution in [-0.4, -0.2) is 38.6 Å². The molecule has 4 nitrogen and oxygen atoms in total. The highest BCUT2D eigenvalue weighted by Crippen LogP contribution is 2.23. The Balaban J connectivity index is 2.40. The molecule has 0 spiro atoms. The lowest BCUT2D eigenvalue weighted by atomic mass is 10.2. The second-order valence-electron chi connectivity index (χ2n) is 4.41. The highest BCUT2D eigenvalue weighted by atomic mass is 35.5. The van der Waals surface area contributed by atoms with Crippen LogP contribution in [0.4, 0.5) is 0 Å². The molecule has 1 aliphatic rings. The van der Waals surface area contributed by atoms with Crippen molar-refractivity contribution in [3.63, 3.8) is 0 Å². The first-order valence-electron chi connectivity index (χ1n) is 5.68. The lowest BCUT2D eigenvalue weighted by molar-refractivity contribution is 0.0793. The van der Waals surface area contributed by atoms with Gasteiger partial charge in [0, 0.05) is 19.3 Å². The molecule has 0 saturated carbocycles. The first-order chi connectivity index (χ1) is 8.39. The first-order valence-corrected chi connectivity index (χ1v) is 7.95. The van der Waals surface area contributed by atoms with E-state index in [0.29, 0.717) is 18.1 Å². The van der Waals surface area contributed by atoms with Gasteiger partial charge in [0.1, 0.15) is 0 Å². The van der Waals surface area contributed by atoms with Crippen LogP contribution in [0, 0.1) is 0 Å². The van der Waals surface area contributed by atoms with Gasteiger partial charge in [-0.1, -0.05) is 11.6 Å². The monoisotopic (exact) mass is 287 g/mol. The minimum Gasteiger partial charge on any atom is -0.339 e. The van der Waals surface area contributed by atoms with Gasteiger partial charge in [-0.05, 0) is 31.0 Å². The molecule has 1 amide bonds. The fraction of sp³-hybridized carbons (Fsp3) is 0.417. The van der Waals surface area contributed by atoms with E-state index in [-0.39, 0.29) is 16.4 Å². The SMILES string of the molecule is CS(=O)(=O)c1ccc(Cl)c(C(=O)N2CCCC2)c1. The number of halogens is 1. The first kappa shape index (κ1) is 13.4. The Morgan fingerprint density at radius 2 is 1.89 bits per heavy atom. The summed E-state index contributed by atoms with van der Waals surface area (Å²) in [7, 11) is -3.33. The number of hydrogen-bond acceptors (Lipinski definition) is 3. The molecule has 0 atom stereocenters. The van der Waals surface area contributed by atoms with E-state index in [2.05, 4.69) is 0 Å². The Morgan fingerprint density at radius 3 is 2.44 bits per heavy atom. The molecule has 18 heavy (non-hydrogen) atoms. The topological polar surface area (TPSA) is 54.5 Å². The molecule has 0 aromatic heterocycles. The Kier molecular flexibility index (Phi) is 3.64. The Labute approximate surface area is 111 Å². The summed E-state index contributed by atoms with van der Waals surface area (Å²) in [5.41, 5.74) is 0.265. The normalized spacial score (nSPS) is 16.0. The van der Waals surface area contributed by atoms with Gasteiger partial charge in [-0.3, -0.25) is 4.79 Å². The van der Waals surface area contributed by atoms with E-state index in [1.54, 1.807) is 4.90 Å². The molecule has 1 aliphatic heterocycles. The standard InChI is InChI=1S/C12H14ClNO3S/c1-18(16,17)9-4-5-11(13)10(8-9)12(15)14-6-2-3-7-14/h4-5,8H,2-3,6-7H2,1H3. The van der Waals surface area contributed by atoms with Gasteiger partial charge in [0.15, 0.2) is 9.84 Å². The zero-order valence-electron chi connectivity index (χ0n) is 10.0. The van der Waals surface area contributed by atoms with E-state index in [4.69, 9.17) is 11.6 Å². The largest absolute Gasteiger partial charge is 0.339 e. The molecular formula is C12H14ClNO3S. The minimum atomic E-state index is -3.33. The minimum absolute atomic E-state index is 0.120. The maximum Gasteiger partial charge on any atom is 0.255 e. The number of carbonyl (C=O) groups excluding carboxylic acids is 1. The van der Waals surface area contributed by atoms with Gasteiger partial charge >= 0.3 is 0 Å². The van der Waals surface area contributed by atoms with Gasteiger partial charge in [0.05, 0.1) is 15.5 Å². The summed E-state index contributed by atoms with van der Waals surface area (Å²) in [6.07, 6.45) is 3.07. The van der Waals surface area contributed by atoms with Crippen LogP contribution in [0.25, 0.3) is 0 Å². The molecule has 1 aromatic carbocycles. The number of carbonyl (C=O) groups is 1. The average Bonchev–Trinajstić information content (AvgIpc) is 2.80. The van der Waals surface area contributed by atoms with Gasteiger partial charge < -0.3 is 4.90 Å². The molecule has 0 radical (unpaired) electrons. The molecule has 1 fully saturated rings. The molecule has 1 saturated heterocycles. The summed E-state index contributed by atoms with van der Waals surface area (Å²) in [5, 5.41) is 0.291. The van der Waals surface area contributed by atoms with Crippen LogP contribution in [0.5, 0.6) is 0 Å². The predicted molar refractivity (Wildman–Crippen MR) is 69.7 cm³/mol. The van der Waals surface area contributed by atoms with Crippen molar-refractivity contribution in [2.45, 2.75) is 17.7 Å². The van der Waals surface area contributed by atoms with Crippen molar-refractivity contribution in [3.8, 4) is 0 Å². The highest BCUT2D eigenvalue weighted by molar-refractivity contribution is 7.90. The Bertz CT molecular complexity index is 577. The molecule has 1 aromatic rings. The van der Waals surface area contributed by atoms with Gasteiger partial charge in [0.25, 0.3) is 5.91 Å². The molecule has 0 bridgehead atoms. The van der Waals surface area contributed by atoms with Crippen LogP contribution >= 0.6 is 11.6 Å². The molecule has 2 rings (SSSR count).